The average molecular weight is 383 g/mol. The Bertz CT molecular complexity index is 894. The van der Waals surface area contributed by atoms with Gasteiger partial charge in [0.1, 0.15) is 17.1 Å². The summed E-state index contributed by atoms with van der Waals surface area (Å²) in [5.41, 5.74) is 2.90. The van der Waals surface area contributed by atoms with Gasteiger partial charge in [0.25, 0.3) is 0 Å². The molecule has 2 aromatic carbocycles. The van der Waals surface area contributed by atoms with E-state index < -0.39 is 0 Å². The highest BCUT2D eigenvalue weighted by Gasteiger charge is 2.28. The van der Waals surface area contributed by atoms with E-state index in [1.54, 1.807) is 21.3 Å². The van der Waals surface area contributed by atoms with E-state index >= 15 is 0 Å². The van der Waals surface area contributed by atoms with E-state index in [0.29, 0.717) is 0 Å². The lowest BCUT2D eigenvalue weighted by Crippen LogP contribution is -2.28. The van der Waals surface area contributed by atoms with E-state index in [1.165, 1.54) is 5.56 Å². The Morgan fingerprint density at radius 1 is 0.929 bits per heavy atom. The van der Waals surface area contributed by atoms with Gasteiger partial charge in [-0.2, -0.15) is 0 Å². The molecular weight excluding hydrogens is 352 g/mol. The van der Waals surface area contributed by atoms with Gasteiger partial charge >= 0.3 is 0 Å². The minimum atomic E-state index is -0.307. The van der Waals surface area contributed by atoms with Gasteiger partial charge in [0.05, 0.1) is 26.9 Å². The van der Waals surface area contributed by atoms with Crippen molar-refractivity contribution in [3.05, 3.63) is 53.1 Å². The number of methoxy groups -OCH3 is 3. The maximum absolute atomic E-state index is 6.09. The van der Waals surface area contributed by atoms with Crippen molar-refractivity contribution >= 4 is 6.08 Å². The lowest BCUT2D eigenvalue weighted by Gasteiger charge is -2.31. The molecular formula is C24H30O4. The Kier molecular flexibility index (Phi) is 5.33. The van der Waals surface area contributed by atoms with Crippen LogP contribution in [-0.4, -0.2) is 26.9 Å². The van der Waals surface area contributed by atoms with Crippen molar-refractivity contribution in [2.24, 2.45) is 0 Å². The number of hydrogen-bond donors (Lipinski definition) is 0. The van der Waals surface area contributed by atoms with E-state index in [-0.39, 0.29) is 11.0 Å². The summed E-state index contributed by atoms with van der Waals surface area (Å²) in [7, 11) is 5.03. The predicted octanol–water partition coefficient (Wildman–Crippen LogP) is 5.42. The highest BCUT2D eigenvalue weighted by Crippen LogP contribution is 2.42. The first-order chi connectivity index (χ1) is 13.2. The Morgan fingerprint density at radius 2 is 1.64 bits per heavy atom. The lowest BCUT2D eigenvalue weighted by molar-refractivity contribution is 0.158. The molecule has 0 bridgehead atoms. The Hall–Kier alpha value is -2.62. The normalized spacial score (nSPS) is 14.8. The number of benzene rings is 2. The zero-order valence-electron chi connectivity index (χ0n) is 17.9. The summed E-state index contributed by atoms with van der Waals surface area (Å²) < 4.78 is 22.7. The van der Waals surface area contributed by atoms with E-state index in [2.05, 4.69) is 44.2 Å². The molecule has 0 amide bonds. The van der Waals surface area contributed by atoms with Gasteiger partial charge in [-0.25, -0.2) is 0 Å². The summed E-state index contributed by atoms with van der Waals surface area (Å²) >= 11 is 0. The minimum Gasteiger partial charge on any atom is -0.496 e. The highest BCUT2D eigenvalue weighted by atomic mass is 16.5. The predicted molar refractivity (Wildman–Crippen MR) is 113 cm³/mol. The quantitative estimate of drug-likeness (QED) is 0.669. The van der Waals surface area contributed by atoms with Gasteiger partial charge in [-0.15, -0.1) is 0 Å². The number of fused-ring (bicyclic) bond motifs is 1. The van der Waals surface area contributed by atoms with Crippen LogP contribution < -0.4 is 18.9 Å². The van der Waals surface area contributed by atoms with E-state index in [0.717, 1.165) is 40.5 Å². The molecule has 0 saturated heterocycles. The fraction of sp³-hybridized carbons (Fsp3) is 0.417. The summed E-state index contributed by atoms with van der Waals surface area (Å²) in [6, 6.07) is 10.3. The van der Waals surface area contributed by atoms with Crippen LogP contribution in [0.25, 0.3) is 6.08 Å². The van der Waals surface area contributed by atoms with Crippen LogP contribution in [0, 0.1) is 0 Å². The minimum absolute atomic E-state index is 0.125. The van der Waals surface area contributed by atoms with Crippen LogP contribution in [0.15, 0.2) is 36.4 Å². The standard InChI is InChI=1S/C24H30O4/c1-23(2,17-9-11-20(25-5)21(14-17)26-6)15-16-8-10-19-18(22(16)27-7)12-13-24(3,4)28-19/h8-14H,15H2,1-7H3. The molecule has 0 N–H and O–H groups in total. The highest BCUT2D eigenvalue weighted by molar-refractivity contribution is 5.69. The summed E-state index contributed by atoms with van der Waals surface area (Å²) in [6.45, 7) is 8.55. The molecule has 1 heterocycles. The number of ether oxygens (including phenoxy) is 4. The molecule has 1 aliphatic rings. The molecule has 3 rings (SSSR count). The molecule has 0 aliphatic carbocycles. The molecule has 28 heavy (non-hydrogen) atoms. The first kappa shape index (κ1) is 20.1. The largest absolute Gasteiger partial charge is 0.496 e. The van der Waals surface area contributed by atoms with Crippen LogP contribution in [0.4, 0.5) is 0 Å². The van der Waals surface area contributed by atoms with Crippen molar-refractivity contribution in [1.82, 2.24) is 0 Å². The second-order valence-electron chi connectivity index (χ2n) is 8.34. The van der Waals surface area contributed by atoms with Crippen LogP contribution >= 0.6 is 0 Å². The van der Waals surface area contributed by atoms with Gasteiger partial charge in [0.15, 0.2) is 11.5 Å². The van der Waals surface area contributed by atoms with E-state index in [9.17, 15) is 0 Å². The van der Waals surface area contributed by atoms with Crippen LogP contribution in [0.1, 0.15) is 44.4 Å². The van der Waals surface area contributed by atoms with Crippen molar-refractivity contribution < 1.29 is 18.9 Å². The molecule has 4 nitrogen and oxygen atoms in total. The van der Waals surface area contributed by atoms with Crippen molar-refractivity contribution in [2.45, 2.75) is 45.1 Å². The Morgan fingerprint density at radius 3 is 2.29 bits per heavy atom. The molecule has 0 radical (unpaired) electrons. The van der Waals surface area contributed by atoms with Gasteiger partial charge in [0.2, 0.25) is 0 Å². The number of rotatable bonds is 6. The zero-order chi connectivity index (χ0) is 20.5. The summed E-state index contributed by atoms with van der Waals surface area (Å²) in [6.07, 6.45) is 4.99. The van der Waals surface area contributed by atoms with E-state index in [1.807, 2.05) is 26.0 Å². The van der Waals surface area contributed by atoms with E-state index in [4.69, 9.17) is 18.9 Å². The fourth-order valence-electron chi connectivity index (χ4n) is 3.69. The van der Waals surface area contributed by atoms with Crippen molar-refractivity contribution in [2.75, 3.05) is 21.3 Å². The summed E-state index contributed by atoms with van der Waals surface area (Å²) in [5.74, 6) is 3.21. The molecule has 0 atom stereocenters. The van der Waals surface area contributed by atoms with Gasteiger partial charge in [0, 0.05) is 0 Å². The van der Waals surface area contributed by atoms with Gasteiger partial charge in [-0.3, -0.25) is 0 Å². The molecule has 2 aromatic rings. The van der Waals surface area contributed by atoms with Gasteiger partial charge in [-0.1, -0.05) is 26.0 Å². The monoisotopic (exact) mass is 382 g/mol. The molecule has 1 aliphatic heterocycles. The van der Waals surface area contributed by atoms with Crippen LogP contribution in [0.3, 0.4) is 0 Å². The Labute approximate surface area is 168 Å². The topological polar surface area (TPSA) is 36.9 Å². The SMILES string of the molecule is COc1ccc(C(C)(C)Cc2ccc3c(c2OC)C=CC(C)(C)O3)cc1OC. The summed E-state index contributed by atoms with van der Waals surface area (Å²) in [4.78, 5) is 0. The van der Waals surface area contributed by atoms with Gasteiger partial charge in [-0.05, 0) is 67.2 Å². The van der Waals surface area contributed by atoms with Crippen molar-refractivity contribution in [3.8, 4) is 23.0 Å². The maximum atomic E-state index is 6.09. The zero-order valence-corrected chi connectivity index (χ0v) is 17.9. The van der Waals surface area contributed by atoms with Crippen LogP contribution in [0.2, 0.25) is 0 Å². The molecule has 0 saturated carbocycles. The third-order valence-electron chi connectivity index (χ3n) is 5.26. The Balaban J connectivity index is 1.97. The van der Waals surface area contributed by atoms with Gasteiger partial charge < -0.3 is 18.9 Å². The molecule has 0 unspecified atom stereocenters. The third-order valence-corrected chi connectivity index (χ3v) is 5.26. The maximum Gasteiger partial charge on any atom is 0.161 e. The second kappa shape index (κ2) is 7.42. The molecule has 0 spiro atoms. The smallest absolute Gasteiger partial charge is 0.161 e. The molecule has 4 heteroatoms. The number of hydrogen-bond acceptors (Lipinski definition) is 4. The molecule has 0 fully saturated rings. The average Bonchev–Trinajstić information content (AvgIpc) is 2.66. The fourth-order valence-corrected chi connectivity index (χ4v) is 3.69. The molecule has 150 valence electrons. The van der Waals surface area contributed by atoms with Crippen LogP contribution in [-0.2, 0) is 11.8 Å². The third kappa shape index (κ3) is 3.82. The second-order valence-corrected chi connectivity index (χ2v) is 8.34. The first-order valence-electron chi connectivity index (χ1n) is 9.51. The van der Waals surface area contributed by atoms with Crippen molar-refractivity contribution in [1.29, 1.82) is 0 Å². The first-order valence-corrected chi connectivity index (χ1v) is 9.51. The molecule has 0 aromatic heterocycles. The van der Waals surface area contributed by atoms with Crippen molar-refractivity contribution in [3.63, 3.8) is 0 Å². The van der Waals surface area contributed by atoms with Crippen LogP contribution in [0.5, 0.6) is 23.0 Å². The summed E-state index contributed by atoms with van der Waals surface area (Å²) in [5, 5.41) is 0. The lowest BCUT2D eigenvalue weighted by atomic mass is 9.78.